The number of thiocarbonyl (C=S) groups is 1. The number of hydrogen-bond acceptors (Lipinski definition) is 8. The van der Waals surface area contributed by atoms with Crippen LogP contribution in [0.15, 0.2) is 23.2 Å². The average molecular weight is 449 g/mol. The number of guanidine groups is 1. The van der Waals surface area contributed by atoms with E-state index in [4.69, 9.17) is 31.2 Å². The second-order valence-corrected chi connectivity index (χ2v) is 6.72. The molecule has 0 aliphatic rings. The minimum absolute atomic E-state index is 0.294. The lowest BCUT2D eigenvalue weighted by Crippen LogP contribution is -2.39. The Morgan fingerprint density at radius 2 is 1.55 bits per heavy atom. The molecule has 2 rings (SSSR count). The Morgan fingerprint density at radius 3 is 2.06 bits per heavy atom. The fourth-order valence-electron chi connectivity index (χ4n) is 2.67. The number of aryl methyl sites for hydroxylation is 2. The van der Waals surface area contributed by atoms with Crippen LogP contribution in [0.2, 0.25) is 0 Å². The van der Waals surface area contributed by atoms with Crippen LogP contribution in [0.1, 0.15) is 11.4 Å². The summed E-state index contributed by atoms with van der Waals surface area (Å²) in [5.74, 6) is 2.29. The van der Waals surface area contributed by atoms with Crippen molar-refractivity contribution in [2.45, 2.75) is 13.8 Å². The first-order valence-corrected chi connectivity index (χ1v) is 9.81. The highest BCUT2D eigenvalue weighted by Crippen LogP contribution is 2.39. The minimum Gasteiger partial charge on any atom is -0.493 e. The molecule has 11 heteroatoms. The molecule has 3 N–H and O–H groups in total. The van der Waals surface area contributed by atoms with Gasteiger partial charge in [-0.1, -0.05) is 0 Å². The van der Waals surface area contributed by atoms with Gasteiger partial charge < -0.3 is 29.6 Å². The lowest BCUT2D eigenvalue weighted by Gasteiger charge is -2.17. The Bertz CT molecular complexity index is 893. The molecule has 0 saturated heterocycles. The van der Waals surface area contributed by atoms with E-state index in [9.17, 15) is 0 Å². The maximum absolute atomic E-state index is 5.45. The summed E-state index contributed by atoms with van der Waals surface area (Å²) in [5, 5.41) is 9.47. The topological polar surface area (TPSA) is 111 Å². The van der Waals surface area contributed by atoms with Crippen LogP contribution in [0.5, 0.6) is 17.2 Å². The molecule has 0 fully saturated rings. The van der Waals surface area contributed by atoms with Gasteiger partial charge in [-0.2, -0.15) is 0 Å². The van der Waals surface area contributed by atoms with Crippen molar-refractivity contribution in [1.82, 2.24) is 15.3 Å². The van der Waals surface area contributed by atoms with E-state index in [0.717, 1.165) is 11.4 Å². The first kappa shape index (κ1) is 24.1. The number of rotatable bonds is 8. The summed E-state index contributed by atoms with van der Waals surface area (Å²) in [4.78, 5) is 13.2. The molecule has 0 spiro atoms. The zero-order valence-electron chi connectivity index (χ0n) is 18.5. The van der Waals surface area contributed by atoms with Gasteiger partial charge in [0.05, 0.1) is 34.5 Å². The third-order valence-corrected chi connectivity index (χ3v) is 4.14. The van der Waals surface area contributed by atoms with Gasteiger partial charge in [0.2, 0.25) is 17.7 Å². The number of methoxy groups -OCH3 is 4. The van der Waals surface area contributed by atoms with Gasteiger partial charge in [0.15, 0.2) is 16.6 Å². The SMILES string of the molecule is COCCN=C(NC(=S)Nc1cc(OC)c(OC)c(OC)c1)Nc1nc(C)cc(C)n1. The smallest absolute Gasteiger partial charge is 0.229 e. The molecule has 2 aromatic rings. The van der Waals surface area contributed by atoms with Crippen molar-refractivity contribution < 1.29 is 18.9 Å². The summed E-state index contributed by atoms with van der Waals surface area (Å²) in [6, 6.07) is 5.38. The van der Waals surface area contributed by atoms with E-state index >= 15 is 0 Å². The average Bonchev–Trinajstić information content (AvgIpc) is 2.72. The molecular weight excluding hydrogens is 420 g/mol. The number of nitrogens with one attached hydrogen (secondary N) is 3. The van der Waals surface area contributed by atoms with Gasteiger partial charge >= 0.3 is 0 Å². The first-order chi connectivity index (χ1) is 14.9. The summed E-state index contributed by atoms with van der Waals surface area (Å²) < 4.78 is 21.2. The Hall–Kier alpha value is -3.18. The molecule has 0 atom stereocenters. The molecule has 0 bridgehead atoms. The molecule has 10 nitrogen and oxygen atoms in total. The van der Waals surface area contributed by atoms with Crippen LogP contribution in [0.4, 0.5) is 11.6 Å². The molecule has 0 aliphatic heterocycles. The van der Waals surface area contributed by atoms with E-state index in [1.807, 2.05) is 19.9 Å². The molecular formula is C20H28N6O4S. The van der Waals surface area contributed by atoms with Crippen molar-refractivity contribution in [2.75, 3.05) is 52.2 Å². The normalized spacial score (nSPS) is 11.0. The Morgan fingerprint density at radius 1 is 0.935 bits per heavy atom. The number of benzene rings is 1. The van der Waals surface area contributed by atoms with Crippen molar-refractivity contribution in [3.63, 3.8) is 0 Å². The maximum atomic E-state index is 5.45. The third kappa shape index (κ3) is 7.23. The van der Waals surface area contributed by atoms with Crippen LogP contribution in [-0.2, 0) is 4.74 Å². The Kier molecular flexibility index (Phi) is 9.22. The number of aromatic nitrogens is 2. The molecule has 0 aliphatic carbocycles. The van der Waals surface area contributed by atoms with Crippen LogP contribution >= 0.6 is 12.2 Å². The van der Waals surface area contributed by atoms with Crippen molar-refractivity contribution in [2.24, 2.45) is 4.99 Å². The van der Waals surface area contributed by atoms with E-state index in [0.29, 0.717) is 53.1 Å². The monoisotopic (exact) mass is 448 g/mol. The first-order valence-electron chi connectivity index (χ1n) is 9.40. The number of ether oxygens (including phenoxy) is 4. The number of nitrogens with zero attached hydrogens (tertiary/aromatic N) is 3. The quantitative estimate of drug-likeness (QED) is 0.241. The molecule has 1 heterocycles. The summed E-state index contributed by atoms with van der Waals surface area (Å²) in [5.41, 5.74) is 2.32. The molecule has 1 aromatic carbocycles. The highest BCUT2D eigenvalue weighted by Gasteiger charge is 2.14. The second kappa shape index (κ2) is 11.9. The molecule has 0 amide bonds. The highest BCUT2D eigenvalue weighted by atomic mass is 32.1. The molecule has 168 valence electrons. The Labute approximate surface area is 187 Å². The number of aliphatic imine (C=N–C) groups is 1. The van der Waals surface area contributed by atoms with Gasteiger partial charge in [-0.15, -0.1) is 0 Å². The van der Waals surface area contributed by atoms with Gasteiger partial charge in [-0.05, 0) is 32.1 Å². The predicted molar refractivity (Wildman–Crippen MR) is 125 cm³/mol. The van der Waals surface area contributed by atoms with E-state index in [2.05, 4.69) is 30.9 Å². The van der Waals surface area contributed by atoms with Gasteiger partial charge in [0.25, 0.3) is 0 Å². The van der Waals surface area contributed by atoms with Gasteiger partial charge in [0.1, 0.15) is 0 Å². The molecule has 1 aromatic heterocycles. The number of hydrogen-bond donors (Lipinski definition) is 3. The Balaban J connectivity index is 2.19. The third-order valence-electron chi connectivity index (χ3n) is 3.93. The van der Waals surface area contributed by atoms with Gasteiger partial charge in [0, 0.05) is 36.3 Å². The fraction of sp³-hybridized carbons (Fsp3) is 0.400. The second-order valence-electron chi connectivity index (χ2n) is 6.32. The fourth-order valence-corrected chi connectivity index (χ4v) is 2.88. The number of anilines is 2. The van der Waals surface area contributed by atoms with Crippen molar-refractivity contribution in [3.8, 4) is 17.2 Å². The van der Waals surface area contributed by atoms with Crippen molar-refractivity contribution >= 4 is 34.9 Å². The predicted octanol–water partition coefficient (Wildman–Crippen LogP) is 2.52. The highest BCUT2D eigenvalue weighted by molar-refractivity contribution is 7.80. The maximum Gasteiger partial charge on any atom is 0.229 e. The molecule has 0 saturated carbocycles. The lowest BCUT2D eigenvalue weighted by atomic mass is 10.2. The van der Waals surface area contributed by atoms with E-state index in [1.54, 1.807) is 40.6 Å². The molecule has 0 radical (unpaired) electrons. The van der Waals surface area contributed by atoms with Crippen LogP contribution < -0.4 is 30.2 Å². The zero-order valence-corrected chi connectivity index (χ0v) is 19.3. The largest absolute Gasteiger partial charge is 0.493 e. The van der Waals surface area contributed by atoms with E-state index < -0.39 is 0 Å². The van der Waals surface area contributed by atoms with Crippen LogP contribution in [-0.4, -0.2) is 62.6 Å². The van der Waals surface area contributed by atoms with Crippen LogP contribution in [0.3, 0.4) is 0 Å². The van der Waals surface area contributed by atoms with Crippen molar-refractivity contribution in [1.29, 1.82) is 0 Å². The van der Waals surface area contributed by atoms with Gasteiger partial charge in [-0.3, -0.25) is 10.3 Å². The van der Waals surface area contributed by atoms with E-state index in [1.165, 1.54) is 0 Å². The lowest BCUT2D eigenvalue weighted by molar-refractivity contribution is 0.208. The zero-order chi connectivity index (χ0) is 22.8. The summed E-state index contributed by atoms with van der Waals surface area (Å²) in [6.45, 7) is 4.66. The van der Waals surface area contributed by atoms with Crippen molar-refractivity contribution in [3.05, 3.63) is 29.6 Å². The standard InChI is InChI=1S/C20H28N6O4S/c1-12-9-13(2)23-19(22-12)25-18(21-7-8-27-3)26-20(31)24-14-10-15(28-4)17(30-6)16(11-14)29-5/h9-11H,7-8H2,1-6H3,(H3,21,22,23,24,25,26,31). The molecule has 31 heavy (non-hydrogen) atoms. The summed E-state index contributed by atoms with van der Waals surface area (Å²) in [7, 11) is 6.25. The molecule has 0 unspecified atom stereocenters. The van der Waals surface area contributed by atoms with E-state index in [-0.39, 0.29) is 0 Å². The summed E-state index contributed by atoms with van der Waals surface area (Å²) in [6.07, 6.45) is 0. The van der Waals surface area contributed by atoms with Crippen LogP contribution in [0, 0.1) is 13.8 Å². The minimum atomic E-state index is 0.294. The van der Waals surface area contributed by atoms with Crippen LogP contribution in [0.25, 0.3) is 0 Å². The van der Waals surface area contributed by atoms with Gasteiger partial charge in [-0.25, -0.2) is 9.97 Å². The summed E-state index contributed by atoms with van der Waals surface area (Å²) >= 11 is 5.45.